The van der Waals surface area contributed by atoms with Gasteiger partial charge >= 0.3 is 0 Å². The van der Waals surface area contributed by atoms with Crippen LogP contribution in [0.25, 0.3) is 0 Å². The van der Waals surface area contributed by atoms with E-state index in [-0.39, 0.29) is 0 Å². The lowest BCUT2D eigenvalue weighted by Crippen LogP contribution is -2.26. The Labute approximate surface area is 98.2 Å². The molecule has 3 heteroatoms. The van der Waals surface area contributed by atoms with Gasteiger partial charge in [0.25, 0.3) is 0 Å². The molecule has 0 amide bonds. The van der Waals surface area contributed by atoms with E-state index in [0.29, 0.717) is 6.04 Å². The van der Waals surface area contributed by atoms with E-state index in [1.54, 1.807) is 0 Å². The van der Waals surface area contributed by atoms with Crippen LogP contribution in [0.15, 0.2) is 12.3 Å². The third-order valence-electron chi connectivity index (χ3n) is 3.21. The van der Waals surface area contributed by atoms with E-state index >= 15 is 0 Å². The number of nitrogens with one attached hydrogen (secondary N) is 1. The predicted octanol–water partition coefficient (Wildman–Crippen LogP) is 2.74. The first-order chi connectivity index (χ1) is 7.86. The molecule has 1 heterocycles. The Balaban J connectivity index is 2.07. The van der Waals surface area contributed by atoms with Gasteiger partial charge in [-0.25, -0.2) is 0 Å². The maximum absolute atomic E-state index is 4.42. The van der Waals surface area contributed by atoms with Crippen LogP contribution in [0.4, 0.5) is 0 Å². The zero-order valence-corrected chi connectivity index (χ0v) is 10.4. The van der Waals surface area contributed by atoms with Crippen LogP contribution < -0.4 is 5.32 Å². The van der Waals surface area contributed by atoms with Gasteiger partial charge in [0.2, 0.25) is 0 Å². The van der Waals surface area contributed by atoms with Crippen molar-refractivity contribution < 1.29 is 0 Å². The average molecular weight is 221 g/mol. The molecule has 0 radical (unpaired) electrons. The van der Waals surface area contributed by atoms with Gasteiger partial charge in [-0.1, -0.05) is 13.8 Å². The summed E-state index contributed by atoms with van der Waals surface area (Å²) < 4.78 is 2.17. The van der Waals surface area contributed by atoms with Crippen molar-refractivity contribution in [1.29, 1.82) is 0 Å². The zero-order chi connectivity index (χ0) is 11.4. The summed E-state index contributed by atoms with van der Waals surface area (Å²) in [5, 5.41) is 8.09. The first-order valence-corrected chi connectivity index (χ1v) is 6.61. The van der Waals surface area contributed by atoms with Crippen LogP contribution >= 0.6 is 0 Å². The molecule has 1 fully saturated rings. The zero-order valence-electron chi connectivity index (χ0n) is 10.4. The Morgan fingerprint density at radius 3 is 2.88 bits per heavy atom. The molecule has 0 aromatic carbocycles. The summed E-state index contributed by atoms with van der Waals surface area (Å²) in [6, 6.07) is 2.72. The molecule has 3 nitrogen and oxygen atoms in total. The fraction of sp³-hybridized carbons (Fsp3) is 0.769. The van der Waals surface area contributed by atoms with Crippen LogP contribution in [0.5, 0.6) is 0 Å². The van der Waals surface area contributed by atoms with E-state index < -0.39 is 0 Å². The highest BCUT2D eigenvalue weighted by molar-refractivity contribution is 5.11. The van der Waals surface area contributed by atoms with E-state index in [2.05, 4.69) is 35.0 Å². The molecular weight excluding hydrogens is 198 g/mol. The largest absolute Gasteiger partial charge is 0.308 e. The van der Waals surface area contributed by atoms with Crippen molar-refractivity contribution in [3.05, 3.63) is 18.0 Å². The summed E-state index contributed by atoms with van der Waals surface area (Å²) in [5.41, 5.74) is 1.39. The van der Waals surface area contributed by atoms with Crippen LogP contribution in [-0.4, -0.2) is 16.3 Å². The number of nitrogens with zero attached hydrogens (tertiary/aromatic N) is 2. The summed E-state index contributed by atoms with van der Waals surface area (Å²) in [5.74, 6) is 0.846. The smallest absolute Gasteiger partial charge is 0.0556 e. The topological polar surface area (TPSA) is 29.9 Å². The Hall–Kier alpha value is -0.830. The quantitative estimate of drug-likeness (QED) is 0.767. The second-order valence-electron chi connectivity index (χ2n) is 4.75. The lowest BCUT2D eigenvalue weighted by atomic mass is 10.1. The van der Waals surface area contributed by atoms with Crippen molar-refractivity contribution >= 4 is 0 Å². The highest BCUT2D eigenvalue weighted by Gasteiger charge is 2.33. The molecule has 1 N–H and O–H groups in total. The molecule has 1 unspecified atom stereocenters. The molecule has 0 saturated heterocycles. The first kappa shape index (κ1) is 11.6. The van der Waals surface area contributed by atoms with E-state index in [1.807, 2.05) is 6.20 Å². The average Bonchev–Trinajstić information content (AvgIpc) is 3.02. The van der Waals surface area contributed by atoms with E-state index in [9.17, 15) is 0 Å². The molecule has 16 heavy (non-hydrogen) atoms. The first-order valence-electron chi connectivity index (χ1n) is 6.61. The van der Waals surface area contributed by atoms with Gasteiger partial charge in [-0.05, 0) is 44.2 Å². The molecule has 1 atom stereocenters. The predicted molar refractivity (Wildman–Crippen MR) is 66.3 cm³/mol. The third kappa shape index (κ3) is 2.64. The normalized spacial score (nSPS) is 17.6. The number of hydrogen-bond acceptors (Lipinski definition) is 2. The summed E-state index contributed by atoms with van der Waals surface area (Å²) in [7, 11) is 0. The van der Waals surface area contributed by atoms with Gasteiger partial charge in [0.1, 0.15) is 0 Å². The minimum Gasteiger partial charge on any atom is -0.308 e. The van der Waals surface area contributed by atoms with E-state index in [1.165, 1.54) is 25.0 Å². The molecule has 1 aliphatic carbocycles. The number of aromatic nitrogens is 2. The lowest BCUT2D eigenvalue weighted by Gasteiger charge is -2.19. The fourth-order valence-electron chi connectivity index (χ4n) is 2.25. The monoisotopic (exact) mass is 221 g/mol. The highest BCUT2D eigenvalue weighted by Crippen LogP contribution is 2.40. The summed E-state index contributed by atoms with van der Waals surface area (Å²) in [4.78, 5) is 0. The summed E-state index contributed by atoms with van der Waals surface area (Å²) >= 11 is 0. The fourth-order valence-corrected chi connectivity index (χ4v) is 2.25. The van der Waals surface area contributed by atoms with Crippen molar-refractivity contribution in [3.63, 3.8) is 0 Å². The SMILES string of the molecule is CCCNC(c1ccnn1CCC)C1CC1. The Bertz CT molecular complexity index is 315. The van der Waals surface area contributed by atoms with Gasteiger partial charge in [0.15, 0.2) is 0 Å². The summed E-state index contributed by atoms with van der Waals surface area (Å²) in [6.45, 7) is 6.58. The number of hydrogen-bond donors (Lipinski definition) is 1. The standard InChI is InChI=1S/C13H23N3/c1-3-8-14-13(11-5-6-11)12-7-9-15-16(12)10-4-2/h7,9,11,13-14H,3-6,8,10H2,1-2H3. The third-order valence-corrected chi connectivity index (χ3v) is 3.21. The highest BCUT2D eigenvalue weighted by atomic mass is 15.3. The van der Waals surface area contributed by atoms with Crippen LogP contribution in [0.1, 0.15) is 51.3 Å². The van der Waals surface area contributed by atoms with Gasteiger partial charge in [-0.3, -0.25) is 4.68 Å². The second kappa shape index (κ2) is 5.48. The van der Waals surface area contributed by atoms with Crippen LogP contribution in [-0.2, 0) is 6.54 Å². The molecular formula is C13H23N3. The molecule has 90 valence electrons. The van der Waals surface area contributed by atoms with E-state index in [0.717, 1.165) is 25.4 Å². The van der Waals surface area contributed by atoms with Crippen LogP contribution in [0.2, 0.25) is 0 Å². The van der Waals surface area contributed by atoms with Crippen molar-refractivity contribution in [2.45, 2.75) is 52.1 Å². The number of aryl methyl sites for hydroxylation is 1. The van der Waals surface area contributed by atoms with Gasteiger partial charge in [0.05, 0.1) is 11.7 Å². The molecule has 1 aromatic rings. The molecule has 1 aliphatic rings. The Morgan fingerprint density at radius 1 is 1.44 bits per heavy atom. The minimum atomic E-state index is 0.536. The minimum absolute atomic E-state index is 0.536. The molecule has 0 bridgehead atoms. The molecule has 1 saturated carbocycles. The van der Waals surface area contributed by atoms with Gasteiger partial charge < -0.3 is 5.32 Å². The van der Waals surface area contributed by atoms with Crippen LogP contribution in [0.3, 0.4) is 0 Å². The number of rotatable bonds is 7. The van der Waals surface area contributed by atoms with Crippen molar-refractivity contribution in [2.24, 2.45) is 5.92 Å². The Morgan fingerprint density at radius 2 is 2.25 bits per heavy atom. The van der Waals surface area contributed by atoms with Crippen LogP contribution in [0, 0.1) is 5.92 Å². The van der Waals surface area contributed by atoms with Gasteiger partial charge in [-0.15, -0.1) is 0 Å². The van der Waals surface area contributed by atoms with Gasteiger partial charge in [-0.2, -0.15) is 5.10 Å². The second-order valence-corrected chi connectivity index (χ2v) is 4.75. The lowest BCUT2D eigenvalue weighted by molar-refractivity contribution is 0.434. The molecule has 2 rings (SSSR count). The van der Waals surface area contributed by atoms with Gasteiger partial charge in [0, 0.05) is 12.7 Å². The van der Waals surface area contributed by atoms with Crippen molar-refractivity contribution in [3.8, 4) is 0 Å². The maximum atomic E-state index is 4.42. The Kier molecular flexibility index (Phi) is 3.99. The molecule has 0 spiro atoms. The van der Waals surface area contributed by atoms with Crippen molar-refractivity contribution in [2.75, 3.05) is 6.54 Å². The van der Waals surface area contributed by atoms with E-state index in [4.69, 9.17) is 0 Å². The maximum Gasteiger partial charge on any atom is 0.0556 e. The van der Waals surface area contributed by atoms with Crippen molar-refractivity contribution in [1.82, 2.24) is 15.1 Å². The summed E-state index contributed by atoms with van der Waals surface area (Å²) in [6.07, 6.45) is 7.04. The molecule has 0 aliphatic heterocycles. The molecule has 1 aromatic heterocycles.